The minimum absolute atomic E-state index is 0.0508. The fourth-order valence-corrected chi connectivity index (χ4v) is 9.09. The van der Waals surface area contributed by atoms with Crippen LogP contribution in [0.4, 0.5) is 4.39 Å². The molecule has 0 N–H and O–H groups in total. The summed E-state index contributed by atoms with van der Waals surface area (Å²) < 4.78 is 56.4. The smallest absolute Gasteiger partial charge is 0.347 e. The van der Waals surface area contributed by atoms with Gasteiger partial charge in [-0.3, -0.25) is 4.90 Å². The Morgan fingerprint density at radius 1 is 0.851 bits per heavy atom. The van der Waals surface area contributed by atoms with Crippen molar-refractivity contribution in [1.82, 2.24) is 29.7 Å². The first kappa shape index (κ1) is 47.1. The summed E-state index contributed by atoms with van der Waals surface area (Å²) in [6.07, 6.45) is 1.91. The molecule has 348 valence electrons. The summed E-state index contributed by atoms with van der Waals surface area (Å²) in [4.78, 5) is 38.3. The summed E-state index contributed by atoms with van der Waals surface area (Å²) in [5.74, 6) is 1.48. The molecule has 0 unspecified atom stereocenters. The number of ether oxygens (including phenoxy) is 7. The van der Waals surface area contributed by atoms with Gasteiger partial charge in [-0.15, -0.1) is 11.3 Å². The lowest BCUT2D eigenvalue weighted by atomic mass is 9.98. The van der Waals surface area contributed by atoms with E-state index in [0.29, 0.717) is 72.7 Å². The number of benzene rings is 4. The van der Waals surface area contributed by atoms with Gasteiger partial charge in [-0.25, -0.2) is 29.1 Å². The maximum Gasteiger partial charge on any atom is 0.347 e. The Morgan fingerprint density at radius 2 is 1.63 bits per heavy atom. The van der Waals surface area contributed by atoms with E-state index in [4.69, 9.17) is 49.7 Å². The van der Waals surface area contributed by atoms with Gasteiger partial charge in [0.1, 0.15) is 52.5 Å². The van der Waals surface area contributed by atoms with Crippen LogP contribution in [0, 0.1) is 5.82 Å². The number of carbonyl (C=O) groups is 1. The summed E-state index contributed by atoms with van der Waals surface area (Å²) in [5.41, 5.74) is 3.88. The van der Waals surface area contributed by atoms with Gasteiger partial charge < -0.3 is 38.1 Å². The normalized spacial score (nSPS) is 13.6. The number of nitrogens with zero attached hydrogens (tertiary/aromatic N) is 6. The van der Waals surface area contributed by atoms with Crippen molar-refractivity contribution in [2.45, 2.75) is 26.1 Å². The minimum atomic E-state index is -1.19. The molecular weight excluding hydrogens is 899 g/mol. The van der Waals surface area contributed by atoms with Gasteiger partial charge in [-0.1, -0.05) is 54.1 Å². The van der Waals surface area contributed by atoms with Crippen molar-refractivity contribution < 1.29 is 42.3 Å². The topological polar surface area (TPSA) is 140 Å². The van der Waals surface area contributed by atoms with Crippen LogP contribution in [-0.4, -0.2) is 116 Å². The number of rotatable bonds is 20. The summed E-state index contributed by atoms with van der Waals surface area (Å²) in [6, 6.07) is 26.5. The van der Waals surface area contributed by atoms with Crippen LogP contribution < -0.4 is 23.7 Å². The molecule has 1 atom stereocenters. The summed E-state index contributed by atoms with van der Waals surface area (Å²) in [7, 11) is 5.24. The molecule has 1 aliphatic rings. The van der Waals surface area contributed by atoms with E-state index in [2.05, 4.69) is 31.8 Å². The van der Waals surface area contributed by atoms with E-state index in [1.54, 1.807) is 44.5 Å². The van der Waals surface area contributed by atoms with E-state index in [-0.39, 0.29) is 43.1 Å². The standard InChI is InChI=1S/C50H50ClFN6O8S/c1-5-62-50(59)41(28-33-10-6-8-12-38(33)64-29-35-20-21-53-47(56-35)36-11-7-9-13-39(36)61-4)66-48-43-42(46(67-49(43)55-30-54-48)32-14-16-34(52)17-15-32)37-18-19-40(44(51)45(37)65-31-60-3)63-27-26-58-24-22-57(2)23-25-58/h6-21,30,41H,5,22-29,31H2,1-4H3/t41-/m1/s1. The first-order valence-electron chi connectivity index (χ1n) is 21.8. The van der Waals surface area contributed by atoms with E-state index >= 15 is 0 Å². The third-order valence-corrected chi connectivity index (χ3v) is 12.6. The molecule has 0 amide bonds. The maximum absolute atomic E-state index is 14.4. The highest BCUT2D eigenvalue weighted by Gasteiger charge is 2.30. The predicted octanol–water partition coefficient (Wildman–Crippen LogP) is 9.02. The van der Waals surface area contributed by atoms with Crippen LogP contribution in [0.25, 0.3) is 43.2 Å². The van der Waals surface area contributed by atoms with Crippen molar-refractivity contribution in [3.8, 4) is 61.8 Å². The largest absolute Gasteiger partial charge is 0.496 e. The molecule has 0 bridgehead atoms. The molecule has 1 saturated heterocycles. The number of likely N-dealkylation sites (N-methyl/N-ethyl adjacent to an activating group) is 1. The Bertz CT molecular complexity index is 2790. The van der Waals surface area contributed by atoms with Crippen molar-refractivity contribution in [3.05, 3.63) is 126 Å². The van der Waals surface area contributed by atoms with E-state index in [0.717, 1.165) is 38.3 Å². The molecule has 1 aliphatic heterocycles. The molecule has 7 aromatic rings. The van der Waals surface area contributed by atoms with Crippen molar-refractivity contribution in [2.24, 2.45) is 0 Å². The van der Waals surface area contributed by atoms with E-state index in [1.807, 2.05) is 54.6 Å². The second kappa shape index (κ2) is 22.4. The molecule has 4 aromatic carbocycles. The van der Waals surface area contributed by atoms with Gasteiger partial charge in [0.2, 0.25) is 12.0 Å². The molecule has 14 nitrogen and oxygen atoms in total. The Balaban J connectivity index is 1.14. The molecule has 0 aliphatic carbocycles. The third kappa shape index (κ3) is 11.2. The van der Waals surface area contributed by atoms with Gasteiger partial charge in [-0.05, 0) is 73.6 Å². The Kier molecular flexibility index (Phi) is 15.7. The zero-order chi connectivity index (χ0) is 46.7. The molecule has 4 heterocycles. The zero-order valence-corrected chi connectivity index (χ0v) is 39.1. The van der Waals surface area contributed by atoms with Gasteiger partial charge in [0.25, 0.3) is 0 Å². The van der Waals surface area contributed by atoms with Crippen LogP contribution in [0.15, 0.2) is 104 Å². The minimum Gasteiger partial charge on any atom is -0.496 e. The molecule has 67 heavy (non-hydrogen) atoms. The summed E-state index contributed by atoms with van der Waals surface area (Å²) in [5, 5.41) is 0.706. The van der Waals surface area contributed by atoms with Crippen molar-refractivity contribution in [1.29, 1.82) is 0 Å². The Hall–Kier alpha value is -6.43. The lowest BCUT2D eigenvalue weighted by molar-refractivity contribution is -0.151. The van der Waals surface area contributed by atoms with Gasteiger partial charge >= 0.3 is 5.97 Å². The Morgan fingerprint density at radius 3 is 2.40 bits per heavy atom. The van der Waals surface area contributed by atoms with Gasteiger partial charge in [0, 0.05) is 68.5 Å². The lowest BCUT2D eigenvalue weighted by Gasteiger charge is -2.32. The van der Waals surface area contributed by atoms with E-state index < -0.39 is 17.9 Å². The molecular formula is C50H50ClFN6O8S. The van der Waals surface area contributed by atoms with Crippen molar-refractivity contribution >= 4 is 39.1 Å². The van der Waals surface area contributed by atoms with Gasteiger partial charge in [-0.2, -0.15) is 0 Å². The first-order valence-corrected chi connectivity index (χ1v) is 22.9. The highest BCUT2D eigenvalue weighted by atomic mass is 35.5. The quantitative estimate of drug-likeness (QED) is 0.0530. The van der Waals surface area contributed by atoms with Crippen molar-refractivity contribution in [2.75, 3.05) is 74.0 Å². The number of fused-ring (bicyclic) bond motifs is 1. The third-order valence-electron chi connectivity index (χ3n) is 11.1. The highest BCUT2D eigenvalue weighted by Crippen LogP contribution is 2.52. The molecule has 17 heteroatoms. The van der Waals surface area contributed by atoms with Crippen LogP contribution >= 0.6 is 22.9 Å². The zero-order valence-electron chi connectivity index (χ0n) is 37.6. The molecule has 0 radical (unpaired) electrons. The molecule has 8 rings (SSSR count). The number of piperazine rings is 1. The van der Waals surface area contributed by atoms with Gasteiger partial charge in [0.05, 0.1) is 30.4 Å². The van der Waals surface area contributed by atoms with Crippen LogP contribution in [-0.2, 0) is 27.3 Å². The van der Waals surface area contributed by atoms with Crippen molar-refractivity contribution in [3.63, 3.8) is 0 Å². The summed E-state index contributed by atoms with van der Waals surface area (Å²) in [6.45, 7) is 6.85. The van der Waals surface area contributed by atoms with E-state index in [1.165, 1.54) is 36.9 Å². The Labute approximate surface area is 397 Å². The number of para-hydroxylation sites is 2. The first-order chi connectivity index (χ1) is 32.7. The number of hydrogen-bond acceptors (Lipinski definition) is 15. The maximum atomic E-state index is 14.4. The average Bonchev–Trinajstić information content (AvgIpc) is 3.75. The fraction of sp³-hybridized carbons (Fsp3) is 0.300. The number of carbonyl (C=O) groups excluding carboxylic acids is 1. The molecule has 1 fully saturated rings. The van der Waals surface area contributed by atoms with Crippen LogP contribution in [0.3, 0.4) is 0 Å². The number of esters is 1. The lowest BCUT2D eigenvalue weighted by Crippen LogP contribution is -2.45. The number of aromatic nitrogens is 4. The second-order valence-corrected chi connectivity index (χ2v) is 16.9. The van der Waals surface area contributed by atoms with Crippen LogP contribution in [0.5, 0.6) is 28.9 Å². The fourth-order valence-electron chi connectivity index (χ4n) is 7.66. The number of hydrogen-bond donors (Lipinski definition) is 0. The number of methoxy groups -OCH3 is 2. The van der Waals surface area contributed by atoms with E-state index in [9.17, 15) is 9.18 Å². The molecule has 0 spiro atoms. The number of halogens is 2. The average molecular weight is 950 g/mol. The number of thiophene rings is 1. The second-order valence-electron chi connectivity index (χ2n) is 15.5. The SMILES string of the molecule is CCOC(=O)[C@@H](Cc1ccccc1OCc1ccnc(-c2ccccc2OC)n1)Oc1ncnc2sc(-c3ccc(F)cc3)c(-c3ccc(OCCN4CCN(C)CC4)c(Cl)c3OCOC)c12. The molecule has 0 saturated carbocycles. The van der Waals surface area contributed by atoms with Crippen LogP contribution in [0.1, 0.15) is 18.2 Å². The monoisotopic (exact) mass is 948 g/mol. The van der Waals surface area contributed by atoms with Gasteiger partial charge in [0.15, 0.2) is 18.4 Å². The molecule has 3 aromatic heterocycles. The van der Waals surface area contributed by atoms with Crippen LogP contribution in [0.2, 0.25) is 5.02 Å². The summed E-state index contributed by atoms with van der Waals surface area (Å²) >= 11 is 8.52. The predicted molar refractivity (Wildman–Crippen MR) is 255 cm³/mol. The highest BCUT2D eigenvalue weighted by molar-refractivity contribution is 7.22.